The molecular formula is C66H50N8. The first-order valence-electron chi connectivity index (χ1n) is 25.1. The maximum Gasteiger partial charge on any atom is 0.241 e. The van der Waals surface area contributed by atoms with Gasteiger partial charge < -0.3 is 4.90 Å². The van der Waals surface area contributed by atoms with Gasteiger partial charge in [0.2, 0.25) is 11.9 Å². The Morgan fingerprint density at radius 2 is 0.541 bits per heavy atom. The Kier molecular flexibility index (Phi) is 10.7. The highest BCUT2D eigenvalue weighted by molar-refractivity contribution is 5.92. The van der Waals surface area contributed by atoms with Gasteiger partial charge in [-0.3, -0.25) is 0 Å². The third-order valence-corrected chi connectivity index (χ3v) is 14.8. The zero-order valence-electron chi connectivity index (χ0n) is 41.5. The zero-order valence-corrected chi connectivity index (χ0v) is 41.5. The molecule has 0 bridgehead atoms. The molecule has 2 aliphatic rings. The molecule has 0 radical (unpaired) electrons. The minimum atomic E-state index is -0.390. The predicted molar refractivity (Wildman–Crippen MR) is 299 cm³/mol. The van der Waals surface area contributed by atoms with Crippen molar-refractivity contribution in [2.45, 2.75) is 38.5 Å². The monoisotopic (exact) mass is 954 g/mol. The second-order valence-corrected chi connectivity index (χ2v) is 20.0. The van der Waals surface area contributed by atoms with E-state index < -0.39 is 5.41 Å². The first kappa shape index (κ1) is 44.5. The third kappa shape index (κ3) is 7.62. The molecule has 0 saturated carbocycles. The molecule has 8 heteroatoms. The van der Waals surface area contributed by atoms with Gasteiger partial charge in [-0.25, -0.2) is 14.9 Å². The minimum Gasteiger partial charge on any atom is -0.310 e. The van der Waals surface area contributed by atoms with Crippen molar-refractivity contribution in [1.82, 2.24) is 29.9 Å². The van der Waals surface area contributed by atoms with Gasteiger partial charge in [0, 0.05) is 50.1 Å². The van der Waals surface area contributed by atoms with E-state index in [0.717, 1.165) is 45.0 Å². The lowest BCUT2D eigenvalue weighted by Gasteiger charge is -2.28. The van der Waals surface area contributed by atoms with Crippen LogP contribution in [0.15, 0.2) is 231 Å². The Morgan fingerprint density at radius 1 is 0.257 bits per heavy atom. The van der Waals surface area contributed by atoms with E-state index in [1.807, 2.05) is 126 Å². The molecule has 0 N–H and O–H groups in total. The summed E-state index contributed by atoms with van der Waals surface area (Å²) in [6.07, 6.45) is 0. The Balaban J connectivity index is 0.975. The molecule has 2 aromatic heterocycles. The van der Waals surface area contributed by atoms with Crippen LogP contribution in [-0.4, -0.2) is 29.9 Å². The maximum atomic E-state index is 5.29. The molecule has 9 aromatic carbocycles. The predicted octanol–water partition coefficient (Wildman–Crippen LogP) is 16.3. The van der Waals surface area contributed by atoms with Crippen LogP contribution in [0.5, 0.6) is 0 Å². The molecule has 354 valence electrons. The Morgan fingerprint density at radius 3 is 0.865 bits per heavy atom. The van der Waals surface area contributed by atoms with Gasteiger partial charge in [-0.15, -0.1) is 0 Å². The lowest BCUT2D eigenvalue weighted by molar-refractivity contribution is 0.652. The van der Waals surface area contributed by atoms with Gasteiger partial charge in [-0.2, -0.15) is 19.9 Å². The van der Waals surface area contributed by atoms with Gasteiger partial charge >= 0.3 is 0 Å². The second kappa shape index (κ2) is 17.7. The molecule has 0 unspecified atom stereocenters. The van der Waals surface area contributed by atoms with E-state index in [1.165, 1.54) is 44.5 Å². The third-order valence-electron chi connectivity index (χ3n) is 14.8. The standard InChI is InChI=1S/C66H50N8/c1-65(2)55-39-49(73(47-31-19-9-20-32-47)48-33-21-10-22-34-48)35-37-51(55)53-41-58-54(42-57(53)65)52-38-36-50(40-56(52)66(58,3)4)74(63-69-59(43-23-11-5-12-24-43)67-60(70-63)44-25-13-6-14-26-44)64-71-61(45-27-15-7-16-28-45)68-62(72-64)46-29-17-8-18-30-46/h5-42H,1-4H3. The molecule has 0 amide bonds. The van der Waals surface area contributed by atoms with Gasteiger partial charge in [0.15, 0.2) is 23.3 Å². The molecule has 0 fully saturated rings. The van der Waals surface area contributed by atoms with Crippen LogP contribution in [0.4, 0.5) is 34.6 Å². The number of fused-ring (bicyclic) bond motifs is 6. The Hall–Kier alpha value is -9.40. The smallest absolute Gasteiger partial charge is 0.241 e. The molecule has 13 rings (SSSR count). The van der Waals surface area contributed by atoms with E-state index in [0.29, 0.717) is 35.2 Å². The summed E-state index contributed by atoms with van der Waals surface area (Å²) < 4.78 is 0. The molecule has 2 heterocycles. The highest BCUT2D eigenvalue weighted by atomic mass is 15.4. The molecule has 74 heavy (non-hydrogen) atoms. The van der Waals surface area contributed by atoms with E-state index in [1.54, 1.807) is 0 Å². The molecule has 11 aromatic rings. The van der Waals surface area contributed by atoms with Crippen LogP contribution in [0.1, 0.15) is 49.9 Å². The molecule has 0 aliphatic heterocycles. The molecule has 0 saturated heterocycles. The lowest BCUT2D eigenvalue weighted by atomic mass is 9.79. The van der Waals surface area contributed by atoms with Crippen molar-refractivity contribution in [1.29, 1.82) is 0 Å². The van der Waals surface area contributed by atoms with Crippen LogP contribution in [0.3, 0.4) is 0 Å². The van der Waals surface area contributed by atoms with Crippen molar-refractivity contribution in [3.05, 3.63) is 253 Å². The fraction of sp³-hybridized carbons (Fsp3) is 0.0909. The van der Waals surface area contributed by atoms with Gasteiger partial charge in [0.05, 0.1) is 5.69 Å². The highest BCUT2D eigenvalue weighted by Gasteiger charge is 2.42. The largest absolute Gasteiger partial charge is 0.310 e. The molecule has 0 atom stereocenters. The summed E-state index contributed by atoms with van der Waals surface area (Å²) >= 11 is 0. The first-order valence-corrected chi connectivity index (χ1v) is 25.1. The van der Waals surface area contributed by atoms with Crippen molar-refractivity contribution < 1.29 is 0 Å². The first-order chi connectivity index (χ1) is 36.2. The summed E-state index contributed by atoms with van der Waals surface area (Å²) in [6.45, 7) is 9.42. The summed E-state index contributed by atoms with van der Waals surface area (Å²) in [5, 5.41) is 0. The number of benzene rings is 9. The summed E-state index contributed by atoms with van der Waals surface area (Å²) in [4.78, 5) is 35.6. The minimum absolute atomic E-state index is 0.268. The number of hydrogen-bond donors (Lipinski definition) is 0. The molecule has 2 aliphatic carbocycles. The topological polar surface area (TPSA) is 83.8 Å². The van der Waals surface area contributed by atoms with Crippen molar-refractivity contribution in [3.63, 3.8) is 0 Å². The van der Waals surface area contributed by atoms with Crippen molar-refractivity contribution in [2.24, 2.45) is 0 Å². The highest BCUT2D eigenvalue weighted by Crippen LogP contribution is 2.57. The number of rotatable bonds is 10. The summed E-state index contributed by atoms with van der Waals surface area (Å²) in [5.41, 5.74) is 17.1. The van der Waals surface area contributed by atoms with E-state index in [4.69, 9.17) is 29.9 Å². The Bertz CT molecular complexity index is 3600. The Labute approximate surface area is 431 Å². The summed E-state index contributed by atoms with van der Waals surface area (Å²) in [5.74, 6) is 2.89. The van der Waals surface area contributed by atoms with E-state index >= 15 is 0 Å². The van der Waals surface area contributed by atoms with Crippen LogP contribution >= 0.6 is 0 Å². The van der Waals surface area contributed by atoms with Crippen LogP contribution < -0.4 is 9.80 Å². The summed E-state index contributed by atoms with van der Waals surface area (Å²) in [6, 6.07) is 80.1. The van der Waals surface area contributed by atoms with Gasteiger partial charge in [-0.05, 0) is 105 Å². The average molecular weight is 955 g/mol. The van der Waals surface area contributed by atoms with Gasteiger partial charge in [-0.1, -0.05) is 198 Å². The molecular weight excluding hydrogens is 905 g/mol. The number of anilines is 6. The van der Waals surface area contributed by atoms with Crippen LogP contribution in [0, 0.1) is 0 Å². The summed E-state index contributed by atoms with van der Waals surface area (Å²) in [7, 11) is 0. The fourth-order valence-corrected chi connectivity index (χ4v) is 10.9. The van der Waals surface area contributed by atoms with Crippen molar-refractivity contribution in [2.75, 3.05) is 9.80 Å². The fourth-order valence-electron chi connectivity index (χ4n) is 10.9. The quantitative estimate of drug-likeness (QED) is 0.134. The van der Waals surface area contributed by atoms with Crippen molar-refractivity contribution in [3.8, 4) is 67.8 Å². The molecule has 8 nitrogen and oxygen atoms in total. The van der Waals surface area contributed by atoms with Gasteiger partial charge in [0.1, 0.15) is 0 Å². The second-order valence-electron chi connectivity index (χ2n) is 20.0. The SMILES string of the molecule is CC1(C)c2cc(N(c3ccccc3)c3ccccc3)ccc2-c2cc3c(cc21)-c1ccc(N(c2nc(-c4ccccc4)nc(-c4ccccc4)n2)c2nc(-c4ccccc4)nc(-c4ccccc4)n2)cc1C3(C)C. The van der Waals surface area contributed by atoms with Gasteiger partial charge in [0.25, 0.3) is 0 Å². The van der Waals surface area contributed by atoms with Crippen LogP contribution in [0.2, 0.25) is 0 Å². The average Bonchev–Trinajstić information content (AvgIpc) is 3.82. The van der Waals surface area contributed by atoms with Crippen LogP contribution in [-0.2, 0) is 10.8 Å². The number of para-hydroxylation sites is 2. The van der Waals surface area contributed by atoms with Crippen molar-refractivity contribution >= 4 is 34.6 Å². The number of hydrogen-bond acceptors (Lipinski definition) is 8. The van der Waals surface area contributed by atoms with Crippen LogP contribution in [0.25, 0.3) is 67.8 Å². The lowest BCUT2D eigenvalue weighted by Crippen LogP contribution is -2.20. The van der Waals surface area contributed by atoms with E-state index in [2.05, 4.69) is 142 Å². The molecule has 0 spiro atoms. The zero-order chi connectivity index (χ0) is 50.0. The normalized spacial score (nSPS) is 13.4. The maximum absolute atomic E-state index is 5.29. The van der Waals surface area contributed by atoms with E-state index in [-0.39, 0.29) is 5.41 Å². The number of aromatic nitrogens is 6. The number of nitrogens with zero attached hydrogens (tertiary/aromatic N) is 8. The van der Waals surface area contributed by atoms with E-state index in [9.17, 15) is 0 Å².